The first-order valence-electron chi connectivity index (χ1n) is 11.9. The van der Waals surface area contributed by atoms with E-state index in [1.807, 2.05) is 26.0 Å². The molecule has 0 fully saturated rings. The molecule has 0 saturated heterocycles. The number of carbonyl (C=O) groups is 1. The maximum Gasteiger partial charge on any atom is 0.304 e. The summed E-state index contributed by atoms with van der Waals surface area (Å²) in [7, 11) is -3.37. The number of benzene rings is 3. The first kappa shape index (κ1) is 26.6. The number of rotatable bonds is 7. The fraction of sp³-hybridized carbons (Fsp3) is 0.286. The summed E-state index contributed by atoms with van der Waals surface area (Å²) in [6.07, 6.45) is 0.0623. The number of ether oxygens (including phenoxy) is 1. The van der Waals surface area contributed by atoms with Gasteiger partial charge in [0.2, 0.25) is 0 Å². The van der Waals surface area contributed by atoms with E-state index in [2.05, 4.69) is 0 Å². The summed E-state index contributed by atoms with van der Waals surface area (Å²) in [5, 5.41) is 18.6. The third-order valence-corrected chi connectivity index (χ3v) is 8.59. The first-order valence-corrected chi connectivity index (χ1v) is 13.4. The number of nitriles is 1. The molecule has 1 aliphatic heterocycles. The van der Waals surface area contributed by atoms with Crippen LogP contribution in [0.2, 0.25) is 0 Å². The van der Waals surface area contributed by atoms with Crippen LogP contribution in [0.15, 0.2) is 65.6 Å². The molecular formula is C28H29FN2O5S. The minimum Gasteiger partial charge on any atom is -0.487 e. The predicted octanol–water partition coefficient (Wildman–Crippen LogP) is 6.31. The van der Waals surface area contributed by atoms with Crippen molar-refractivity contribution in [2.45, 2.75) is 50.2 Å². The average molecular weight is 525 g/mol. The first-order chi connectivity index (χ1) is 17.6. The molecule has 0 saturated carbocycles. The van der Waals surface area contributed by atoms with Crippen molar-refractivity contribution in [3.8, 4) is 11.8 Å². The lowest BCUT2D eigenvalue weighted by Gasteiger charge is -2.42. The molecule has 0 aromatic heterocycles. The Bertz CT molecular complexity index is 1360. The third kappa shape index (κ3) is 5.63. The van der Waals surface area contributed by atoms with Gasteiger partial charge in [0.1, 0.15) is 22.6 Å². The summed E-state index contributed by atoms with van der Waals surface area (Å²) in [5.41, 5.74) is 2.56. The highest BCUT2D eigenvalue weighted by Gasteiger charge is 2.35. The maximum absolute atomic E-state index is 14.9. The van der Waals surface area contributed by atoms with E-state index in [0.29, 0.717) is 22.6 Å². The number of aliphatic carboxylic acids is 1. The fourth-order valence-corrected chi connectivity index (χ4v) is 6.18. The number of carboxylic acids is 1. The summed E-state index contributed by atoms with van der Waals surface area (Å²) in [6.45, 7) is 4.31. The molecule has 2 atom stereocenters. The Morgan fingerprint density at radius 1 is 1.22 bits per heavy atom. The van der Waals surface area contributed by atoms with Crippen molar-refractivity contribution in [1.82, 2.24) is 4.31 Å². The molecule has 0 aliphatic carbocycles. The lowest BCUT2D eigenvalue weighted by atomic mass is 9.86. The molecule has 4 rings (SSSR count). The standard InChI is InChI=1S/C28H29FN2O5S/c1-3-22-17-31(37(34,35)27-7-5-4-6-26(27)36-22)16-21-13-20(10-8-18(21)2)24(14-28(32)33)23-11-9-19(15-30)12-25(23)29/h4-13,22,24,34-35H,3,14,16-17H2,1-2H3,(H,32,33)/t22-,24?/m1/s1. The molecule has 0 amide bonds. The number of para-hydroxylation sites is 1. The minimum atomic E-state index is -3.37. The lowest BCUT2D eigenvalue weighted by Crippen LogP contribution is -2.34. The second-order valence-corrected chi connectivity index (χ2v) is 11.1. The van der Waals surface area contributed by atoms with Crippen molar-refractivity contribution >= 4 is 16.7 Å². The number of aryl methyl sites for hydroxylation is 1. The molecule has 1 aliphatic rings. The van der Waals surface area contributed by atoms with Crippen molar-refractivity contribution in [2.75, 3.05) is 6.54 Å². The van der Waals surface area contributed by atoms with Gasteiger partial charge in [0.15, 0.2) is 0 Å². The van der Waals surface area contributed by atoms with Gasteiger partial charge >= 0.3 is 5.97 Å². The molecule has 7 nitrogen and oxygen atoms in total. The Kier molecular flexibility index (Phi) is 7.85. The highest BCUT2D eigenvalue weighted by Crippen LogP contribution is 2.57. The molecule has 3 N–H and O–H groups in total. The van der Waals surface area contributed by atoms with Crippen LogP contribution in [0.25, 0.3) is 0 Å². The van der Waals surface area contributed by atoms with Gasteiger partial charge in [-0.05, 0) is 59.9 Å². The highest BCUT2D eigenvalue weighted by atomic mass is 32.3. The van der Waals surface area contributed by atoms with Crippen molar-refractivity contribution in [3.63, 3.8) is 0 Å². The van der Waals surface area contributed by atoms with Gasteiger partial charge in [0, 0.05) is 12.5 Å². The molecule has 3 aromatic rings. The number of carboxylic acid groups (broad SMARTS) is 1. The third-order valence-electron chi connectivity index (χ3n) is 6.67. The van der Waals surface area contributed by atoms with Gasteiger partial charge in [-0.2, -0.15) is 9.57 Å². The molecule has 194 valence electrons. The summed E-state index contributed by atoms with van der Waals surface area (Å²) < 4.78 is 45.2. The minimum absolute atomic E-state index is 0.152. The van der Waals surface area contributed by atoms with Crippen LogP contribution in [-0.4, -0.2) is 37.1 Å². The van der Waals surface area contributed by atoms with Gasteiger partial charge in [-0.15, -0.1) is 10.8 Å². The quantitative estimate of drug-likeness (QED) is 0.332. The Morgan fingerprint density at radius 3 is 2.65 bits per heavy atom. The second-order valence-electron chi connectivity index (χ2n) is 9.12. The van der Waals surface area contributed by atoms with Gasteiger partial charge in [-0.1, -0.05) is 43.3 Å². The molecule has 9 heteroatoms. The predicted molar refractivity (Wildman–Crippen MR) is 139 cm³/mol. The molecule has 0 bridgehead atoms. The second kappa shape index (κ2) is 10.9. The average Bonchev–Trinajstić information content (AvgIpc) is 2.97. The zero-order valence-electron chi connectivity index (χ0n) is 20.6. The van der Waals surface area contributed by atoms with Crippen molar-refractivity contribution in [3.05, 3.63) is 94.3 Å². The van der Waals surface area contributed by atoms with E-state index >= 15 is 0 Å². The zero-order chi connectivity index (χ0) is 26.7. The molecule has 0 radical (unpaired) electrons. The number of hydrogen-bond acceptors (Lipinski definition) is 6. The number of halogens is 1. The van der Waals surface area contributed by atoms with Crippen LogP contribution >= 0.6 is 10.8 Å². The molecule has 1 unspecified atom stereocenters. The molecule has 1 heterocycles. The summed E-state index contributed by atoms with van der Waals surface area (Å²) in [4.78, 5) is 12.0. The number of nitrogens with zero attached hydrogens (tertiary/aromatic N) is 2. The van der Waals surface area contributed by atoms with Crippen LogP contribution in [0.5, 0.6) is 5.75 Å². The van der Waals surface area contributed by atoms with Gasteiger partial charge in [-0.25, -0.2) is 4.39 Å². The smallest absolute Gasteiger partial charge is 0.304 e. The summed E-state index contributed by atoms with van der Waals surface area (Å²) in [5.74, 6) is -2.08. The van der Waals surface area contributed by atoms with Gasteiger partial charge in [-0.3, -0.25) is 13.9 Å². The van der Waals surface area contributed by atoms with E-state index in [1.165, 1.54) is 12.1 Å². The van der Waals surface area contributed by atoms with E-state index in [9.17, 15) is 23.4 Å². The molecule has 3 aromatic carbocycles. The summed E-state index contributed by atoms with van der Waals surface area (Å²) in [6, 6.07) is 18.2. The molecule has 0 spiro atoms. The Hall–Kier alpha value is -3.42. The van der Waals surface area contributed by atoms with Crippen LogP contribution in [0.1, 0.15) is 53.5 Å². The van der Waals surface area contributed by atoms with Crippen LogP contribution in [0, 0.1) is 24.1 Å². The van der Waals surface area contributed by atoms with Gasteiger partial charge in [0.25, 0.3) is 0 Å². The topological polar surface area (TPSA) is 114 Å². The highest BCUT2D eigenvalue weighted by molar-refractivity contribution is 8.22. The summed E-state index contributed by atoms with van der Waals surface area (Å²) >= 11 is 0. The van der Waals surface area contributed by atoms with E-state index in [1.54, 1.807) is 40.7 Å². The number of fused-ring (bicyclic) bond motifs is 1. The van der Waals surface area contributed by atoms with E-state index in [0.717, 1.165) is 17.2 Å². The largest absolute Gasteiger partial charge is 0.487 e. The van der Waals surface area contributed by atoms with Crippen molar-refractivity contribution in [2.24, 2.45) is 0 Å². The fourth-order valence-electron chi connectivity index (χ4n) is 4.56. The Labute approximate surface area is 217 Å². The number of hydrogen-bond donors (Lipinski definition) is 3. The molecular weight excluding hydrogens is 495 g/mol. The lowest BCUT2D eigenvalue weighted by molar-refractivity contribution is -0.137. The van der Waals surface area contributed by atoms with Crippen LogP contribution < -0.4 is 4.74 Å². The van der Waals surface area contributed by atoms with Crippen LogP contribution in [0.4, 0.5) is 4.39 Å². The maximum atomic E-state index is 14.9. The monoisotopic (exact) mass is 524 g/mol. The SMILES string of the molecule is CC[C@@H]1CN(Cc2cc(C(CC(=O)O)c3ccc(C#N)cc3F)ccc2C)S(O)(O)c2ccccc2O1. The normalized spacial score (nSPS) is 18.5. The van der Waals surface area contributed by atoms with Crippen molar-refractivity contribution in [1.29, 1.82) is 5.26 Å². The van der Waals surface area contributed by atoms with Crippen molar-refractivity contribution < 1.29 is 28.1 Å². The Balaban J connectivity index is 1.74. The van der Waals surface area contributed by atoms with E-state index in [-0.39, 0.29) is 36.7 Å². The van der Waals surface area contributed by atoms with E-state index < -0.39 is 28.5 Å². The van der Waals surface area contributed by atoms with E-state index in [4.69, 9.17) is 10.00 Å². The van der Waals surface area contributed by atoms with Crippen LogP contribution in [0.3, 0.4) is 0 Å². The zero-order valence-corrected chi connectivity index (χ0v) is 21.4. The van der Waals surface area contributed by atoms with Gasteiger partial charge in [0.05, 0.1) is 24.6 Å². The molecule has 37 heavy (non-hydrogen) atoms. The van der Waals surface area contributed by atoms with Crippen LogP contribution in [-0.2, 0) is 11.3 Å². The Morgan fingerprint density at radius 2 is 1.97 bits per heavy atom. The van der Waals surface area contributed by atoms with Gasteiger partial charge < -0.3 is 9.84 Å².